The molecule has 1 saturated heterocycles. The lowest BCUT2D eigenvalue weighted by atomic mass is 10.1. The van der Waals surface area contributed by atoms with Crippen molar-refractivity contribution in [2.45, 2.75) is 33.3 Å². The molecule has 0 saturated carbocycles. The van der Waals surface area contributed by atoms with E-state index in [1.807, 2.05) is 26.8 Å². The first-order valence-electron chi connectivity index (χ1n) is 9.49. The molecule has 2 amide bonds. The number of carbonyl (C=O) groups excluding carboxylic acids is 2. The SMILES string of the molecule is CCOc1cc(C=C2C(=O)NN(c3ccccc3)C2=O)cc(Br)c1OC(C)CC. The van der Waals surface area contributed by atoms with Crippen LogP contribution < -0.4 is 19.9 Å². The van der Waals surface area contributed by atoms with Gasteiger partial charge in [0.25, 0.3) is 11.8 Å². The number of halogens is 1. The van der Waals surface area contributed by atoms with Gasteiger partial charge in [0.1, 0.15) is 5.57 Å². The number of anilines is 1. The zero-order chi connectivity index (χ0) is 21.0. The molecule has 1 N–H and O–H groups in total. The van der Waals surface area contributed by atoms with Gasteiger partial charge in [0.05, 0.1) is 22.9 Å². The van der Waals surface area contributed by atoms with Crippen LogP contribution >= 0.6 is 15.9 Å². The Morgan fingerprint density at radius 1 is 1.17 bits per heavy atom. The van der Waals surface area contributed by atoms with Gasteiger partial charge in [0.2, 0.25) is 0 Å². The molecule has 1 atom stereocenters. The number of benzene rings is 2. The molecule has 29 heavy (non-hydrogen) atoms. The van der Waals surface area contributed by atoms with Gasteiger partial charge in [-0.05, 0) is 72.1 Å². The molecular formula is C22H23BrN2O4. The van der Waals surface area contributed by atoms with Gasteiger partial charge in [0, 0.05) is 0 Å². The zero-order valence-corrected chi connectivity index (χ0v) is 18.2. The van der Waals surface area contributed by atoms with E-state index in [4.69, 9.17) is 9.47 Å². The fourth-order valence-electron chi connectivity index (χ4n) is 2.82. The second kappa shape index (κ2) is 9.13. The smallest absolute Gasteiger partial charge is 0.282 e. The average molecular weight is 459 g/mol. The summed E-state index contributed by atoms with van der Waals surface area (Å²) in [7, 11) is 0. The van der Waals surface area contributed by atoms with Gasteiger partial charge in [-0.2, -0.15) is 0 Å². The molecule has 0 aromatic heterocycles. The number of amides is 2. The lowest BCUT2D eigenvalue weighted by Gasteiger charge is -2.18. The van der Waals surface area contributed by atoms with E-state index in [1.165, 1.54) is 5.01 Å². The maximum atomic E-state index is 12.8. The van der Waals surface area contributed by atoms with Crippen molar-refractivity contribution in [2.75, 3.05) is 11.6 Å². The molecule has 7 heteroatoms. The van der Waals surface area contributed by atoms with Crippen LogP contribution in [0.5, 0.6) is 11.5 Å². The third-order valence-corrected chi connectivity index (χ3v) is 5.03. The monoisotopic (exact) mass is 458 g/mol. The minimum absolute atomic E-state index is 0.0244. The molecule has 1 heterocycles. The van der Waals surface area contributed by atoms with Gasteiger partial charge in [-0.1, -0.05) is 25.1 Å². The van der Waals surface area contributed by atoms with E-state index < -0.39 is 11.8 Å². The number of hydrazine groups is 1. The standard InChI is InChI=1S/C22H23BrN2O4/c1-4-14(3)29-20-18(23)12-15(13-19(20)28-5-2)11-17-21(26)24-25(22(17)27)16-9-7-6-8-10-16/h6-14H,4-5H2,1-3H3,(H,24,26). The highest BCUT2D eigenvalue weighted by molar-refractivity contribution is 9.10. The molecule has 1 unspecified atom stereocenters. The van der Waals surface area contributed by atoms with E-state index in [0.29, 0.717) is 33.8 Å². The first-order valence-corrected chi connectivity index (χ1v) is 10.3. The van der Waals surface area contributed by atoms with Crippen molar-refractivity contribution in [3.63, 3.8) is 0 Å². The van der Waals surface area contributed by atoms with Crippen LogP contribution in [-0.4, -0.2) is 24.5 Å². The number of hydrogen-bond acceptors (Lipinski definition) is 4. The van der Waals surface area contributed by atoms with Crippen molar-refractivity contribution in [2.24, 2.45) is 0 Å². The van der Waals surface area contributed by atoms with Crippen molar-refractivity contribution in [1.29, 1.82) is 0 Å². The number of carbonyl (C=O) groups is 2. The summed E-state index contributed by atoms with van der Waals surface area (Å²) >= 11 is 3.52. The molecule has 152 valence electrons. The lowest BCUT2D eigenvalue weighted by molar-refractivity contribution is -0.117. The fraction of sp³-hybridized carbons (Fsp3) is 0.273. The molecule has 1 aliphatic heterocycles. The molecule has 1 aliphatic rings. The summed E-state index contributed by atoms with van der Waals surface area (Å²) in [5, 5.41) is 1.24. The average Bonchev–Trinajstić information content (AvgIpc) is 2.99. The molecule has 0 aliphatic carbocycles. The molecule has 1 fully saturated rings. The minimum atomic E-state index is -0.451. The van der Waals surface area contributed by atoms with E-state index in [9.17, 15) is 9.59 Å². The molecule has 0 spiro atoms. The topological polar surface area (TPSA) is 67.9 Å². The van der Waals surface area contributed by atoms with E-state index in [-0.39, 0.29) is 11.7 Å². The van der Waals surface area contributed by atoms with E-state index in [0.717, 1.165) is 6.42 Å². The van der Waals surface area contributed by atoms with Crippen LogP contribution in [0.3, 0.4) is 0 Å². The first-order chi connectivity index (χ1) is 13.9. The molecule has 2 aromatic rings. The van der Waals surface area contributed by atoms with Crippen molar-refractivity contribution >= 4 is 39.5 Å². The quantitative estimate of drug-likeness (QED) is 0.490. The maximum absolute atomic E-state index is 12.8. The summed E-state index contributed by atoms with van der Waals surface area (Å²) in [6.45, 7) is 6.38. The molecule has 6 nitrogen and oxygen atoms in total. The van der Waals surface area contributed by atoms with Crippen LogP contribution in [0, 0.1) is 0 Å². The largest absolute Gasteiger partial charge is 0.490 e. The van der Waals surface area contributed by atoms with Crippen LogP contribution in [0.15, 0.2) is 52.5 Å². The summed E-state index contributed by atoms with van der Waals surface area (Å²) in [6.07, 6.45) is 2.44. The normalized spacial score (nSPS) is 16.1. The molecule has 2 aromatic carbocycles. The predicted molar refractivity (Wildman–Crippen MR) is 116 cm³/mol. The van der Waals surface area contributed by atoms with E-state index in [2.05, 4.69) is 21.4 Å². The Labute approximate surface area is 178 Å². The molecule has 0 bridgehead atoms. The Kier molecular flexibility index (Phi) is 6.59. The third kappa shape index (κ3) is 4.62. The Bertz CT molecular complexity index is 943. The molecular weight excluding hydrogens is 436 g/mol. The summed E-state index contributed by atoms with van der Waals surface area (Å²) in [5.74, 6) is 0.305. The van der Waals surface area contributed by atoms with Gasteiger partial charge in [-0.3, -0.25) is 15.0 Å². The van der Waals surface area contributed by atoms with Crippen LogP contribution in [0.25, 0.3) is 6.08 Å². The van der Waals surface area contributed by atoms with Crippen LogP contribution in [0.1, 0.15) is 32.8 Å². The summed E-state index contributed by atoms with van der Waals surface area (Å²) in [5.41, 5.74) is 3.91. The van der Waals surface area contributed by atoms with Crippen molar-refractivity contribution in [1.82, 2.24) is 5.43 Å². The minimum Gasteiger partial charge on any atom is -0.490 e. The summed E-state index contributed by atoms with van der Waals surface area (Å²) < 4.78 is 12.4. The second-order valence-corrected chi connectivity index (χ2v) is 7.43. The highest BCUT2D eigenvalue weighted by atomic mass is 79.9. The van der Waals surface area contributed by atoms with Gasteiger partial charge < -0.3 is 9.47 Å². The van der Waals surface area contributed by atoms with Crippen LogP contribution in [0.4, 0.5) is 5.69 Å². The first kappa shape index (κ1) is 20.9. The Morgan fingerprint density at radius 3 is 2.55 bits per heavy atom. The van der Waals surface area contributed by atoms with E-state index in [1.54, 1.807) is 42.5 Å². The third-order valence-electron chi connectivity index (χ3n) is 4.44. The maximum Gasteiger partial charge on any atom is 0.282 e. The predicted octanol–water partition coefficient (Wildman–Crippen LogP) is 4.49. The number of nitrogens with one attached hydrogen (secondary N) is 1. The Hall–Kier alpha value is -2.80. The van der Waals surface area contributed by atoms with Crippen LogP contribution in [-0.2, 0) is 9.59 Å². The van der Waals surface area contributed by atoms with Crippen LogP contribution in [0.2, 0.25) is 0 Å². The number of para-hydroxylation sites is 1. The van der Waals surface area contributed by atoms with Crippen molar-refractivity contribution < 1.29 is 19.1 Å². The number of rotatable bonds is 7. The van der Waals surface area contributed by atoms with Crippen molar-refractivity contribution in [3.05, 3.63) is 58.1 Å². The lowest BCUT2D eigenvalue weighted by Crippen LogP contribution is -2.35. The highest BCUT2D eigenvalue weighted by Gasteiger charge is 2.34. The fourth-order valence-corrected chi connectivity index (χ4v) is 3.37. The zero-order valence-electron chi connectivity index (χ0n) is 16.6. The number of nitrogens with zero attached hydrogens (tertiary/aromatic N) is 1. The number of ether oxygens (including phenoxy) is 2. The number of hydrogen-bond donors (Lipinski definition) is 1. The Morgan fingerprint density at radius 2 is 1.90 bits per heavy atom. The van der Waals surface area contributed by atoms with Gasteiger partial charge >= 0.3 is 0 Å². The summed E-state index contributed by atoms with van der Waals surface area (Å²) in [4.78, 5) is 25.2. The highest BCUT2D eigenvalue weighted by Crippen LogP contribution is 2.38. The van der Waals surface area contributed by atoms with Gasteiger partial charge in [0.15, 0.2) is 11.5 Å². The molecule has 3 rings (SSSR count). The second-order valence-electron chi connectivity index (χ2n) is 6.57. The van der Waals surface area contributed by atoms with Crippen molar-refractivity contribution in [3.8, 4) is 11.5 Å². The van der Waals surface area contributed by atoms with Gasteiger partial charge in [-0.15, -0.1) is 0 Å². The van der Waals surface area contributed by atoms with E-state index >= 15 is 0 Å². The summed E-state index contributed by atoms with van der Waals surface area (Å²) in [6, 6.07) is 12.5. The van der Waals surface area contributed by atoms with Gasteiger partial charge in [-0.25, -0.2) is 5.01 Å². The molecule has 0 radical (unpaired) electrons. The Balaban J connectivity index is 1.95.